The van der Waals surface area contributed by atoms with Crippen molar-refractivity contribution in [1.82, 2.24) is 25.2 Å². The van der Waals surface area contributed by atoms with Gasteiger partial charge in [0.2, 0.25) is 22.7 Å². The average Bonchev–Trinajstić information content (AvgIpc) is 3.98. The molecule has 2 aliphatic carbocycles. The normalized spacial score (nSPS) is 30.1. The van der Waals surface area contributed by atoms with Crippen molar-refractivity contribution < 1.29 is 50.6 Å². The molecule has 1 aromatic carbocycles. The number of carbonyl (C=O) groups excluding carboxylic acids is 4. The van der Waals surface area contributed by atoms with Crippen molar-refractivity contribution in [1.29, 1.82) is 0 Å². The van der Waals surface area contributed by atoms with Gasteiger partial charge < -0.3 is 29.7 Å². The number of pyridine rings is 1. The molecule has 17 heteroatoms. The molecule has 3 N–H and O–H groups in total. The van der Waals surface area contributed by atoms with Crippen LogP contribution in [0.1, 0.15) is 79.6 Å². The van der Waals surface area contributed by atoms with E-state index in [1.165, 1.54) is 36.4 Å². The molecule has 0 bridgehead atoms. The summed E-state index contributed by atoms with van der Waals surface area (Å²) in [6.07, 6.45) is 4.54. The topological polar surface area (TPSA) is 182 Å². The summed E-state index contributed by atoms with van der Waals surface area (Å²) in [5.41, 5.74) is -2.61. The number of hydrogen-bond acceptors (Lipinski definition) is 10. The predicted octanol–water partition coefficient (Wildman–Crippen LogP) is 4.42. The molecule has 7 atom stereocenters. The summed E-state index contributed by atoms with van der Waals surface area (Å²) in [6.45, 7) is 8.75. The molecular formula is C38H49F2N5O9S. The second-order valence-corrected chi connectivity index (χ2v) is 18.3. The number of benzene rings is 1. The van der Waals surface area contributed by atoms with Crippen LogP contribution >= 0.6 is 0 Å². The summed E-state index contributed by atoms with van der Waals surface area (Å²) in [4.78, 5) is 61.6. The number of methoxy groups -OCH3 is 1. The van der Waals surface area contributed by atoms with Crippen LogP contribution in [0.15, 0.2) is 36.5 Å². The monoisotopic (exact) mass is 789 g/mol. The van der Waals surface area contributed by atoms with Crippen molar-refractivity contribution in [2.75, 3.05) is 13.7 Å². The Bertz CT molecular complexity index is 2000. The summed E-state index contributed by atoms with van der Waals surface area (Å²) >= 11 is 0. The van der Waals surface area contributed by atoms with Crippen LogP contribution in [-0.4, -0.2) is 90.1 Å². The molecule has 4 aliphatic rings. The van der Waals surface area contributed by atoms with E-state index < -0.39 is 85.8 Å². The maximum absolute atomic E-state index is 14.8. The van der Waals surface area contributed by atoms with Gasteiger partial charge in [0.25, 0.3) is 15.9 Å². The zero-order chi connectivity index (χ0) is 40.1. The molecule has 14 nitrogen and oxygen atoms in total. The van der Waals surface area contributed by atoms with Crippen LogP contribution in [0.3, 0.4) is 0 Å². The van der Waals surface area contributed by atoms with E-state index in [0.717, 1.165) is 0 Å². The average molecular weight is 790 g/mol. The molecule has 3 heterocycles. The van der Waals surface area contributed by atoms with Gasteiger partial charge in [-0.05, 0) is 76.5 Å². The Morgan fingerprint density at radius 1 is 1.11 bits per heavy atom. The van der Waals surface area contributed by atoms with Gasteiger partial charge in [-0.2, -0.15) is 0 Å². The lowest BCUT2D eigenvalue weighted by Gasteiger charge is -2.33. The maximum atomic E-state index is 14.8. The van der Waals surface area contributed by atoms with Gasteiger partial charge in [0.1, 0.15) is 40.9 Å². The van der Waals surface area contributed by atoms with Crippen LogP contribution in [0.4, 0.5) is 13.6 Å². The van der Waals surface area contributed by atoms with Crippen molar-refractivity contribution in [3.63, 3.8) is 0 Å². The summed E-state index contributed by atoms with van der Waals surface area (Å²) in [6, 6.07) is 1.59. The molecule has 300 valence electrons. The highest BCUT2D eigenvalue weighted by molar-refractivity contribution is 7.91. The molecule has 1 unspecified atom stereocenters. The highest BCUT2D eigenvalue weighted by atomic mass is 32.2. The maximum Gasteiger partial charge on any atom is 0.408 e. The number of nitrogens with zero attached hydrogens (tertiary/aromatic N) is 2. The first-order valence-corrected chi connectivity index (χ1v) is 20.1. The van der Waals surface area contributed by atoms with E-state index in [1.54, 1.807) is 26.8 Å². The molecule has 2 aromatic rings. The second kappa shape index (κ2) is 14.8. The zero-order valence-electron chi connectivity index (χ0n) is 31.8. The Kier molecular flexibility index (Phi) is 10.8. The number of aromatic nitrogens is 1. The lowest BCUT2D eigenvalue weighted by atomic mass is 9.88. The van der Waals surface area contributed by atoms with Gasteiger partial charge in [-0.1, -0.05) is 26.0 Å². The Balaban J connectivity index is 1.36. The third-order valence-electron chi connectivity index (χ3n) is 10.7. The predicted molar refractivity (Wildman–Crippen MR) is 196 cm³/mol. The van der Waals surface area contributed by atoms with Crippen LogP contribution in [0.2, 0.25) is 0 Å². The molecule has 0 spiro atoms. The molecule has 6 rings (SSSR count). The number of sulfonamides is 1. The van der Waals surface area contributed by atoms with Crippen LogP contribution in [0, 0.1) is 23.6 Å². The molecule has 2 aliphatic heterocycles. The van der Waals surface area contributed by atoms with E-state index in [1.807, 2.05) is 24.6 Å². The largest absolute Gasteiger partial charge is 0.494 e. The molecule has 3 fully saturated rings. The molecular weight excluding hydrogens is 741 g/mol. The molecule has 55 heavy (non-hydrogen) atoms. The first kappa shape index (κ1) is 40.1. The van der Waals surface area contributed by atoms with Crippen molar-refractivity contribution in [3.8, 4) is 11.6 Å². The number of halogens is 2. The quantitative estimate of drug-likeness (QED) is 0.340. The van der Waals surface area contributed by atoms with Gasteiger partial charge >= 0.3 is 6.09 Å². The smallest absolute Gasteiger partial charge is 0.408 e. The number of carbonyl (C=O) groups is 4. The summed E-state index contributed by atoms with van der Waals surface area (Å²) in [5, 5.41) is 3.71. The Labute approximate surface area is 319 Å². The first-order chi connectivity index (χ1) is 25.8. The van der Waals surface area contributed by atoms with Crippen LogP contribution in [0.5, 0.6) is 11.6 Å². The second-order valence-electron chi connectivity index (χ2n) is 16.3. The number of alkyl carbamates (subject to hydrolysis) is 1. The van der Waals surface area contributed by atoms with Crippen LogP contribution < -0.4 is 24.8 Å². The third-order valence-corrected chi connectivity index (χ3v) is 12.5. The molecule has 2 saturated carbocycles. The lowest BCUT2D eigenvalue weighted by molar-refractivity contribution is -0.142. The standard InChI is InChI=1S/C38H49F2N5O9S/c1-21-9-7-8-10-23-18-38(23,34(48)44-55(50,51)37(40)13-14-37)43-31(46)28-17-25(53-32-27-16-24(39)11-12-26(27)29(52-6)19-41-32)20-45(28)33(47)30(22(2)15-21)42-35(49)54-36(3,4)5/h8,10-12,16,19,21-23,25,28,30H,7,9,13-15,17-18,20H2,1-6H3,(H,42,49)(H,43,46)(H,44,48)/b10-8-/t21-,22+,23+,25+,28-,30-,38?/m0/s1. The highest BCUT2D eigenvalue weighted by Gasteiger charge is 2.64. The minimum absolute atomic E-state index is 0.0233. The number of amides is 4. The third kappa shape index (κ3) is 8.50. The molecule has 4 amide bonds. The van der Waals surface area contributed by atoms with E-state index >= 15 is 0 Å². The van der Waals surface area contributed by atoms with Gasteiger partial charge in [-0.15, -0.1) is 0 Å². The highest BCUT2D eigenvalue weighted by Crippen LogP contribution is 2.48. The number of alkyl halides is 1. The van der Waals surface area contributed by atoms with Crippen LogP contribution in [-0.2, 0) is 29.1 Å². The fourth-order valence-corrected chi connectivity index (χ4v) is 8.75. The number of hydrogen-bond donors (Lipinski definition) is 3. The lowest BCUT2D eigenvalue weighted by Crippen LogP contribution is -2.59. The van der Waals surface area contributed by atoms with E-state index in [2.05, 4.69) is 15.6 Å². The number of allylic oxidation sites excluding steroid dienone is 1. The molecule has 0 radical (unpaired) electrons. The van der Waals surface area contributed by atoms with Crippen molar-refractivity contribution in [3.05, 3.63) is 42.4 Å². The van der Waals surface area contributed by atoms with Gasteiger partial charge in [-0.25, -0.2) is 31.7 Å². The molecule has 1 saturated heterocycles. The number of rotatable bonds is 7. The minimum atomic E-state index is -4.69. The van der Waals surface area contributed by atoms with E-state index in [-0.39, 0.29) is 49.4 Å². The van der Waals surface area contributed by atoms with Crippen molar-refractivity contribution in [2.45, 2.75) is 114 Å². The van der Waals surface area contributed by atoms with Gasteiger partial charge in [-0.3, -0.25) is 14.4 Å². The van der Waals surface area contributed by atoms with E-state index in [0.29, 0.717) is 30.4 Å². The molecule has 1 aromatic heterocycles. The fourth-order valence-electron chi connectivity index (χ4n) is 7.50. The SMILES string of the molecule is COc1cnc(O[C@@H]2C[C@H]3C(=O)NC4(C(=O)NS(=O)(=O)C5(F)CC5)C[C@H]4/C=C\CC[C@H](C)C[C@@H](C)[C@H](NC(=O)OC(C)(C)C)C(=O)N3C2)c2cc(F)ccc12. The number of ether oxygens (including phenoxy) is 3. The van der Waals surface area contributed by atoms with Crippen molar-refractivity contribution >= 4 is 44.6 Å². The van der Waals surface area contributed by atoms with E-state index in [4.69, 9.17) is 14.2 Å². The number of fused-ring (bicyclic) bond motifs is 3. The zero-order valence-corrected chi connectivity index (χ0v) is 32.6. The van der Waals surface area contributed by atoms with Gasteiger partial charge in [0, 0.05) is 30.6 Å². The Hall–Kier alpha value is -4.54. The Morgan fingerprint density at radius 3 is 2.51 bits per heavy atom. The van der Waals surface area contributed by atoms with Gasteiger partial charge in [0.05, 0.1) is 25.2 Å². The van der Waals surface area contributed by atoms with Crippen LogP contribution in [0.25, 0.3) is 10.8 Å². The van der Waals surface area contributed by atoms with Gasteiger partial charge in [0.15, 0.2) is 0 Å². The van der Waals surface area contributed by atoms with Crippen molar-refractivity contribution in [2.24, 2.45) is 17.8 Å². The Morgan fingerprint density at radius 2 is 1.84 bits per heavy atom. The van der Waals surface area contributed by atoms with E-state index in [9.17, 15) is 36.4 Å². The first-order valence-electron chi connectivity index (χ1n) is 18.6. The minimum Gasteiger partial charge on any atom is -0.494 e. The summed E-state index contributed by atoms with van der Waals surface area (Å²) < 4.78 is 73.9. The number of nitrogens with one attached hydrogen (secondary N) is 3. The summed E-state index contributed by atoms with van der Waals surface area (Å²) in [7, 11) is -3.25. The fraction of sp³-hybridized carbons (Fsp3) is 0.605. The summed E-state index contributed by atoms with van der Waals surface area (Å²) in [5.74, 6) is -3.57.